The van der Waals surface area contributed by atoms with Crippen LogP contribution in [0.4, 0.5) is 0 Å². The Morgan fingerprint density at radius 2 is 1.66 bits per heavy atom. The van der Waals surface area contributed by atoms with Gasteiger partial charge in [-0.05, 0) is 42.7 Å². The third kappa shape index (κ3) is 3.87. The van der Waals surface area contributed by atoms with Gasteiger partial charge in [-0.15, -0.1) is 0 Å². The summed E-state index contributed by atoms with van der Waals surface area (Å²) in [7, 11) is 0. The molecule has 0 saturated heterocycles. The largest absolute Gasteiger partial charge is 0.355 e. The minimum absolute atomic E-state index is 0.0884. The molecule has 0 atom stereocenters. The van der Waals surface area contributed by atoms with Gasteiger partial charge in [0.05, 0.1) is 5.69 Å². The Kier molecular flexibility index (Phi) is 5.41. The molecule has 158 valence electrons. The summed E-state index contributed by atoms with van der Waals surface area (Å²) in [6.07, 6.45) is 1.88. The molecule has 0 aliphatic carbocycles. The second kappa shape index (κ2) is 8.52. The van der Waals surface area contributed by atoms with Crippen LogP contribution in [0.5, 0.6) is 0 Å². The second-order valence-electron chi connectivity index (χ2n) is 7.94. The summed E-state index contributed by atoms with van der Waals surface area (Å²) in [6, 6.07) is 26.5. The fourth-order valence-corrected chi connectivity index (χ4v) is 4.87. The number of aromatic nitrogens is 3. The molecule has 1 N–H and O–H groups in total. The van der Waals surface area contributed by atoms with Crippen molar-refractivity contribution < 1.29 is 0 Å². The van der Waals surface area contributed by atoms with E-state index >= 15 is 0 Å². The molecule has 5 aromatic rings. The van der Waals surface area contributed by atoms with Gasteiger partial charge in [0, 0.05) is 17.5 Å². The average molecular weight is 438 g/mol. The lowest BCUT2D eigenvalue weighted by atomic mass is 10.1. The quantitative estimate of drug-likeness (QED) is 0.260. The predicted molar refractivity (Wildman–Crippen MR) is 133 cm³/mol. The van der Waals surface area contributed by atoms with E-state index in [0.29, 0.717) is 16.2 Å². The number of benzene rings is 3. The van der Waals surface area contributed by atoms with Gasteiger partial charge in [-0.2, -0.15) is 0 Å². The zero-order valence-electron chi connectivity index (χ0n) is 18.0. The van der Waals surface area contributed by atoms with Gasteiger partial charge in [-0.3, -0.25) is 9.36 Å². The molecule has 0 fully saturated rings. The lowest BCUT2D eigenvalue weighted by molar-refractivity contribution is 0.817. The van der Waals surface area contributed by atoms with Crippen LogP contribution in [0.1, 0.15) is 16.7 Å². The molecule has 2 heterocycles. The molecule has 0 spiro atoms. The summed E-state index contributed by atoms with van der Waals surface area (Å²) in [5.74, 6) is 0.733. The molecule has 0 aliphatic rings. The molecule has 5 rings (SSSR count). The number of rotatable bonds is 5. The van der Waals surface area contributed by atoms with Crippen molar-refractivity contribution in [3.05, 3.63) is 112 Å². The Labute approximate surface area is 191 Å². The third-order valence-electron chi connectivity index (χ3n) is 5.46. The Morgan fingerprint density at radius 1 is 0.906 bits per heavy atom. The van der Waals surface area contributed by atoms with Gasteiger partial charge < -0.3 is 4.98 Å². The number of nitrogens with zero attached hydrogens (tertiary/aromatic N) is 2. The smallest absolute Gasteiger partial charge is 0.283 e. The van der Waals surface area contributed by atoms with Gasteiger partial charge in [-0.1, -0.05) is 84.1 Å². The zero-order chi connectivity index (χ0) is 22.1. The molecule has 0 saturated carbocycles. The van der Waals surface area contributed by atoms with Crippen molar-refractivity contribution in [3.63, 3.8) is 0 Å². The van der Waals surface area contributed by atoms with Crippen molar-refractivity contribution in [3.8, 4) is 16.8 Å². The van der Waals surface area contributed by atoms with Crippen LogP contribution >= 0.6 is 11.8 Å². The van der Waals surface area contributed by atoms with Gasteiger partial charge in [0.2, 0.25) is 0 Å². The van der Waals surface area contributed by atoms with E-state index in [1.54, 1.807) is 16.3 Å². The fourth-order valence-electron chi connectivity index (χ4n) is 3.92. The number of fused-ring (bicyclic) bond motifs is 1. The normalized spacial score (nSPS) is 11.2. The van der Waals surface area contributed by atoms with Crippen LogP contribution in [-0.2, 0) is 5.75 Å². The minimum Gasteiger partial charge on any atom is -0.355 e. The second-order valence-corrected chi connectivity index (χ2v) is 8.89. The molecule has 3 aromatic carbocycles. The van der Waals surface area contributed by atoms with E-state index in [0.717, 1.165) is 28.1 Å². The highest BCUT2D eigenvalue weighted by Crippen LogP contribution is 2.30. The van der Waals surface area contributed by atoms with E-state index in [9.17, 15) is 4.79 Å². The van der Waals surface area contributed by atoms with Crippen LogP contribution in [0.25, 0.3) is 27.8 Å². The maximum atomic E-state index is 13.6. The molecule has 5 heteroatoms. The number of H-pyrrole nitrogens is 1. The van der Waals surface area contributed by atoms with E-state index in [2.05, 4.69) is 36.2 Å². The maximum absolute atomic E-state index is 13.6. The van der Waals surface area contributed by atoms with Crippen molar-refractivity contribution in [2.45, 2.75) is 24.8 Å². The van der Waals surface area contributed by atoms with Gasteiger partial charge >= 0.3 is 0 Å². The Balaban J connectivity index is 1.69. The lowest BCUT2D eigenvalue weighted by Crippen LogP contribution is -2.22. The van der Waals surface area contributed by atoms with Crippen LogP contribution in [0.15, 0.2) is 95.0 Å². The summed E-state index contributed by atoms with van der Waals surface area (Å²) >= 11 is 1.58. The first-order chi connectivity index (χ1) is 15.6. The van der Waals surface area contributed by atoms with Gasteiger partial charge in [-0.25, -0.2) is 4.98 Å². The third-order valence-corrected chi connectivity index (χ3v) is 6.47. The van der Waals surface area contributed by atoms with Crippen molar-refractivity contribution in [1.29, 1.82) is 0 Å². The van der Waals surface area contributed by atoms with Crippen molar-refractivity contribution in [2.75, 3.05) is 0 Å². The first kappa shape index (κ1) is 20.3. The highest BCUT2D eigenvalue weighted by atomic mass is 32.2. The van der Waals surface area contributed by atoms with Crippen LogP contribution in [0, 0.1) is 13.8 Å². The van der Waals surface area contributed by atoms with Gasteiger partial charge in [0.1, 0.15) is 11.0 Å². The van der Waals surface area contributed by atoms with Crippen LogP contribution < -0.4 is 5.56 Å². The molecular weight excluding hydrogens is 414 g/mol. The summed E-state index contributed by atoms with van der Waals surface area (Å²) in [4.78, 5) is 21.8. The molecule has 0 unspecified atom stereocenters. The number of hydrogen-bond donors (Lipinski definition) is 1. The number of aromatic amines is 1. The monoisotopic (exact) mass is 437 g/mol. The Hall–Kier alpha value is -3.57. The lowest BCUT2D eigenvalue weighted by Gasteiger charge is -2.13. The zero-order valence-corrected chi connectivity index (χ0v) is 18.8. The summed E-state index contributed by atoms with van der Waals surface area (Å²) in [5.41, 5.74) is 7.46. The number of hydrogen-bond acceptors (Lipinski definition) is 3. The van der Waals surface area contributed by atoms with Crippen molar-refractivity contribution >= 4 is 22.8 Å². The SMILES string of the molecule is Cc1cccc(CSc2nc3c(-c4ccccc4)c[nH]c3c(=O)n2-c2cccc(C)c2)c1. The summed E-state index contributed by atoms with van der Waals surface area (Å²) in [6.45, 7) is 4.12. The Bertz CT molecular complexity index is 1470. The van der Waals surface area contributed by atoms with Crippen LogP contribution in [0.3, 0.4) is 0 Å². The van der Waals surface area contributed by atoms with Gasteiger partial charge in [0.25, 0.3) is 5.56 Å². The first-order valence-corrected chi connectivity index (χ1v) is 11.5. The highest BCUT2D eigenvalue weighted by Gasteiger charge is 2.18. The Morgan fingerprint density at radius 3 is 2.41 bits per heavy atom. The molecule has 4 nitrogen and oxygen atoms in total. The summed E-state index contributed by atoms with van der Waals surface area (Å²) in [5, 5.41) is 0.686. The van der Waals surface area contributed by atoms with Gasteiger partial charge in [0.15, 0.2) is 5.16 Å². The molecule has 0 amide bonds. The van der Waals surface area contributed by atoms with Crippen molar-refractivity contribution in [2.24, 2.45) is 0 Å². The molecule has 0 radical (unpaired) electrons. The topological polar surface area (TPSA) is 50.7 Å². The van der Waals surface area contributed by atoms with E-state index in [1.807, 2.05) is 67.7 Å². The standard InChI is InChI=1S/C27H23N3OS/c1-18-8-6-10-20(14-18)17-32-27-29-24-23(21-11-4-3-5-12-21)16-28-25(24)26(31)30(27)22-13-7-9-19(2)15-22/h3-16,28H,17H2,1-2H3. The average Bonchev–Trinajstić information content (AvgIpc) is 3.23. The highest BCUT2D eigenvalue weighted by molar-refractivity contribution is 7.98. The number of thioether (sulfide) groups is 1. The molecule has 0 aliphatic heterocycles. The van der Waals surface area contributed by atoms with E-state index < -0.39 is 0 Å². The number of aryl methyl sites for hydroxylation is 2. The predicted octanol–water partition coefficient (Wildman–Crippen LogP) is 6.29. The van der Waals surface area contributed by atoms with E-state index in [4.69, 9.17) is 4.98 Å². The summed E-state index contributed by atoms with van der Waals surface area (Å²) < 4.78 is 1.72. The van der Waals surface area contributed by atoms with Crippen LogP contribution in [-0.4, -0.2) is 14.5 Å². The van der Waals surface area contributed by atoms with Crippen LogP contribution in [0.2, 0.25) is 0 Å². The van der Waals surface area contributed by atoms with E-state index in [1.165, 1.54) is 11.1 Å². The number of nitrogens with one attached hydrogen (secondary N) is 1. The fraction of sp³-hybridized carbons (Fsp3) is 0.111. The maximum Gasteiger partial charge on any atom is 0.283 e. The van der Waals surface area contributed by atoms with Crippen molar-refractivity contribution in [1.82, 2.24) is 14.5 Å². The molecule has 32 heavy (non-hydrogen) atoms. The minimum atomic E-state index is -0.0884. The molecular formula is C27H23N3OS. The van der Waals surface area contributed by atoms with E-state index in [-0.39, 0.29) is 5.56 Å². The molecule has 0 bridgehead atoms. The molecule has 2 aromatic heterocycles. The first-order valence-electron chi connectivity index (χ1n) is 10.5.